The number of ether oxygens (including phenoxy) is 3. The van der Waals surface area contributed by atoms with Crippen molar-refractivity contribution >= 4 is 17.7 Å². The number of carbonyl (C=O) groups is 1. The Morgan fingerprint density at radius 3 is 2.71 bits per heavy atom. The van der Waals surface area contributed by atoms with E-state index >= 15 is 0 Å². The molecule has 0 atom stereocenters. The summed E-state index contributed by atoms with van der Waals surface area (Å²) in [6.45, 7) is 11.7. The minimum atomic E-state index is -0.992. The van der Waals surface area contributed by atoms with Crippen molar-refractivity contribution < 1.29 is 24.1 Å². The van der Waals surface area contributed by atoms with Crippen LogP contribution in [0.4, 0.5) is 0 Å². The van der Waals surface area contributed by atoms with Gasteiger partial charge in [-0.25, -0.2) is 4.79 Å². The van der Waals surface area contributed by atoms with Gasteiger partial charge in [0.15, 0.2) is 6.61 Å². The molecule has 1 aliphatic carbocycles. The molecule has 2 fully saturated rings. The van der Waals surface area contributed by atoms with Crippen molar-refractivity contribution in [2.24, 2.45) is 0 Å². The zero-order chi connectivity index (χ0) is 25.0. The summed E-state index contributed by atoms with van der Waals surface area (Å²) in [5, 5.41) is 8.82. The zero-order valence-electron chi connectivity index (χ0n) is 20.7. The summed E-state index contributed by atoms with van der Waals surface area (Å²) in [5.41, 5.74) is 1.76. The van der Waals surface area contributed by atoms with Gasteiger partial charge in [-0.05, 0) is 80.4 Å². The Balaban J connectivity index is 1.69. The number of carboxylic acids is 1. The average molecular weight is 498 g/mol. The first-order valence-corrected chi connectivity index (χ1v) is 12.9. The summed E-state index contributed by atoms with van der Waals surface area (Å²) < 4.78 is 16.8. The number of morpholine rings is 1. The summed E-state index contributed by atoms with van der Waals surface area (Å²) >= 11 is 1.62. The molecule has 1 aromatic carbocycles. The lowest BCUT2D eigenvalue weighted by Crippen LogP contribution is -2.36. The van der Waals surface area contributed by atoms with E-state index < -0.39 is 5.97 Å². The highest BCUT2D eigenvalue weighted by molar-refractivity contribution is 8.03. The highest BCUT2D eigenvalue weighted by atomic mass is 32.2. The van der Waals surface area contributed by atoms with Gasteiger partial charge in [0.2, 0.25) is 0 Å². The lowest BCUT2D eigenvalue weighted by Gasteiger charge is -2.24. The van der Waals surface area contributed by atoms with Gasteiger partial charge in [0.05, 0.1) is 25.9 Å². The second kappa shape index (κ2) is 14.0. The smallest absolute Gasteiger partial charge is 0.341 e. The topological polar surface area (TPSA) is 68.2 Å². The third-order valence-electron chi connectivity index (χ3n) is 5.71. The highest BCUT2D eigenvalue weighted by Crippen LogP contribution is 2.31. The molecule has 0 bridgehead atoms. The van der Waals surface area contributed by atoms with Crippen LogP contribution in [0.15, 0.2) is 58.1 Å². The first kappa shape index (κ1) is 26.9. The molecule has 0 aromatic heterocycles. The van der Waals surface area contributed by atoms with Gasteiger partial charge in [-0.15, -0.1) is 0 Å². The van der Waals surface area contributed by atoms with Gasteiger partial charge in [0, 0.05) is 23.6 Å². The van der Waals surface area contributed by atoms with Crippen molar-refractivity contribution in [1.29, 1.82) is 0 Å². The number of hydrogen-bond donors (Lipinski definition) is 1. The van der Waals surface area contributed by atoms with Gasteiger partial charge in [0.1, 0.15) is 11.5 Å². The molecule has 2 aliphatic rings. The number of nitrogens with zero attached hydrogens (tertiary/aromatic N) is 1. The molecular weight excluding hydrogens is 462 g/mol. The van der Waals surface area contributed by atoms with Crippen LogP contribution in [-0.4, -0.2) is 61.5 Å². The molecular formula is C28H35NO5S. The van der Waals surface area contributed by atoms with Gasteiger partial charge in [-0.1, -0.05) is 30.2 Å². The normalized spacial score (nSPS) is 17.5. The van der Waals surface area contributed by atoms with E-state index in [1.807, 2.05) is 38.1 Å². The van der Waals surface area contributed by atoms with Crippen LogP contribution in [0.3, 0.4) is 0 Å². The molecule has 188 valence electrons. The van der Waals surface area contributed by atoms with E-state index in [4.69, 9.17) is 19.3 Å². The summed E-state index contributed by atoms with van der Waals surface area (Å²) in [7, 11) is 0. The Labute approximate surface area is 213 Å². The largest absolute Gasteiger partial charge is 0.491 e. The Morgan fingerprint density at radius 2 is 2.03 bits per heavy atom. The molecule has 7 heteroatoms. The van der Waals surface area contributed by atoms with Crippen molar-refractivity contribution in [2.45, 2.75) is 50.5 Å². The molecule has 0 spiro atoms. The maximum atomic E-state index is 10.8. The number of carboxylic acid groups (broad SMARTS) is 1. The molecule has 1 aromatic rings. The molecule has 1 N–H and O–H groups in total. The van der Waals surface area contributed by atoms with Crippen molar-refractivity contribution in [3.8, 4) is 17.6 Å². The fourth-order valence-corrected chi connectivity index (χ4v) is 4.90. The van der Waals surface area contributed by atoms with Gasteiger partial charge in [-0.2, -0.15) is 0 Å². The van der Waals surface area contributed by atoms with E-state index in [2.05, 4.69) is 29.4 Å². The zero-order valence-corrected chi connectivity index (χ0v) is 21.5. The summed E-state index contributed by atoms with van der Waals surface area (Å²) in [4.78, 5) is 15.2. The van der Waals surface area contributed by atoms with Crippen LogP contribution in [0.1, 0.15) is 38.2 Å². The van der Waals surface area contributed by atoms with Crippen molar-refractivity contribution in [1.82, 2.24) is 4.90 Å². The van der Waals surface area contributed by atoms with E-state index in [0.29, 0.717) is 18.1 Å². The van der Waals surface area contributed by atoms with Crippen molar-refractivity contribution in [2.75, 3.05) is 39.5 Å². The van der Waals surface area contributed by atoms with Crippen LogP contribution >= 0.6 is 11.8 Å². The number of benzene rings is 1. The minimum absolute atomic E-state index is 0.255. The van der Waals surface area contributed by atoms with Crippen LogP contribution in [0, 0.1) is 18.8 Å². The fourth-order valence-electron chi connectivity index (χ4n) is 3.98. The van der Waals surface area contributed by atoms with Gasteiger partial charge < -0.3 is 19.3 Å². The Hall–Kier alpha value is -2.66. The van der Waals surface area contributed by atoms with Gasteiger partial charge >= 0.3 is 5.97 Å². The molecule has 0 radical (unpaired) electrons. The van der Waals surface area contributed by atoms with Crippen molar-refractivity contribution in [3.63, 3.8) is 0 Å². The highest BCUT2D eigenvalue weighted by Gasteiger charge is 2.16. The number of hydrogen-bond acceptors (Lipinski definition) is 6. The van der Waals surface area contributed by atoms with Crippen LogP contribution in [0.2, 0.25) is 0 Å². The Bertz CT molecular complexity index is 1010. The van der Waals surface area contributed by atoms with Crippen LogP contribution in [-0.2, 0) is 14.3 Å². The first-order chi connectivity index (χ1) is 16.9. The summed E-state index contributed by atoms with van der Waals surface area (Å²) in [6, 6.07) is 5.74. The lowest BCUT2D eigenvalue weighted by atomic mass is 10.2. The first-order valence-electron chi connectivity index (χ1n) is 12.1. The SMILES string of the molecule is C=C(/C=C(C#CCN1CCOCC1)\C=C(/C)Sc1ccc(OCC(=O)O)c(C)c1)OC1CCCC1. The Kier molecular flexibility index (Phi) is 10.8. The molecule has 35 heavy (non-hydrogen) atoms. The van der Waals surface area contributed by atoms with Crippen molar-refractivity contribution in [3.05, 3.63) is 58.7 Å². The van der Waals surface area contributed by atoms with E-state index in [9.17, 15) is 4.79 Å². The molecule has 1 heterocycles. The predicted molar refractivity (Wildman–Crippen MR) is 140 cm³/mol. The van der Waals surface area contributed by atoms with Crippen LogP contribution in [0.25, 0.3) is 0 Å². The summed E-state index contributed by atoms with van der Waals surface area (Å²) in [6.07, 6.45) is 8.84. The molecule has 1 saturated heterocycles. The third kappa shape index (κ3) is 9.85. The minimum Gasteiger partial charge on any atom is -0.491 e. The van der Waals surface area contributed by atoms with Gasteiger partial charge in [-0.3, -0.25) is 4.90 Å². The quantitative estimate of drug-likeness (QED) is 0.207. The fraction of sp³-hybridized carbons (Fsp3) is 0.464. The number of thioether (sulfide) groups is 1. The van der Waals surface area contributed by atoms with Crippen LogP contribution < -0.4 is 4.74 Å². The summed E-state index contributed by atoms with van der Waals surface area (Å²) in [5.74, 6) is 6.85. The van der Waals surface area contributed by atoms with E-state index in [1.54, 1.807) is 11.8 Å². The monoisotopic (exact) mass is 497 g/mol. The average Bonchev–Trinajstić information content (AvgIpc) is 3.32. The van der Waals surface area contributed by atoms with Gasteiger partial charge in [0.25, 0.3) is 0 Å². The van der Waals surface area contributed by atoms with E-state index in [1.165, 1.54) is 12.8 Å². The molecule has 1 saturated carbocycles. The number of aliphatic carboxylic acids is 1. The third-order valence-corrected chi connectivity index (χ3v) is 6.64. The Morgan fingerprint density at radius 1 is 1.29 bits per heavy atom. The number of aryl methyl sites for hydroxylation is 1. The second-order valence-electron chi connectivity index (χ2n) is 8.75. The molecule has 3 rings (SSSR count). The number of rotatable bonds is 10. The number of allylic oxidation sites excluding steroid dienone is 4. The van der Waals surface area contributed by atoms with Crippen LogP contribution in [0.5, 0.6) is 5.75 Å². The molecule has 1 aliphatic heterocycles. The molecule has 0 amide bonds. The maximum Gasteiger partial charge on any atom is 0.341 e. The predicted octanol–water partition coefficient (Wildman–Crippen LogP) is 5.19. The molecule has 6 nitrogen and oxygen atoms in total. The standard InChI is InChI=1S/C28H35NO5S/c1-21-17-26(10-11-27(21)33-20-28(30)31)35-23(3)19-24(7-6-12-29-13-15-32-16-14-29)18-22(2)34-25-8-4-5-9-25/h10-11,17-19,25H,2,4-5,8-9,12-16,20H2,1,3H3,(H,30,31)/b23-19+,24-18-. The van der Waals surface area contributed by atoms with E-state index in [0.717, 1.165) is 60.1 Å². The maximum absolute atomic E-state index is 10.8. The van der Waals surface area contributed by atoms with E-state index in [-0.39, 0.29) is 12.7 Å². The molecule has 0 unspecified atom stereocenters. The lowest BCUT2D eigenvalue weighted by molar-refractivity contribution is -0.139. The second-order valence-corrected chi connectivity index (χ2v) is 10.1.